The van der Waals surface area contributed by atoms with Crippen LogP contribution >= 0.6 is 0 Å². The summed E-state index contributed by atoms with van der Waals surface area (Å²) < 4.78 is 23.7. The highest BCUT2D eigenvalue weighted by atomic mass is 19.1. The van der Waals surface area contributed by atoms with Gasteiger partial charge < -0.3 is 41.4 Å². The van der Waals surface area contributed by atoms with Crippen molar-refractivity contribution in [1.82, 2.24) is 15.0 Å². The Labute approximate surface area is 180 Å². The van der Waals surface area contributed by atoms with Gasteiger partial charge in [0.2, 0.25) is 17.8 Å². The van der Waals surface area contributed by atoms with Crippen LogP contribution in [0, 0.1) is 5.82 Å². The maximum absolute atomic E-state index is 13.1. The average Bonchev–Trinajstić information content (AvgIpc) is 2.79. The molecule has 1 aromatic heterocycles. The molecule has 31 heavy (non-hydrogen) atoms. The highest BCUT2D eigenvalue weighted by Gasteiger charge is 2.11. The Balaban J connectivity index is 1.93. The van der Waals surface area contributed by atoms with Gasteiger partial charge in [0, 0.05) is 19.6 Å². The van der Waals surface area contributed by atoms with Gasteiger partial charge in [0.25, 0.3) is 0 Å². The first-order valence-electron chi connectivity index (χ1n) is 9.96. The Bertz CT molecular complexity index is 751. The van der Waals surface area contributed by atoms with E-state index in [1.165, 1.54) is 12.1 Å². The van der Waals surface area contributed by atoms with Gasteiger partial charge in [0.05, 0.1) is 45.7 Å². The van der Waals surface area contributed by atoms with Gasteiger partial charge in [-0.3, -0.25) is 0 Å². The second kappa shape index (κ2) is 14.4. The first-order valence-corrected chi connectivity index (χ1v) is 9.96. The Morgan fingerprint density at radius 2 is 1.48 bits per heavy atom. The molecule has 0 saturated heterocycles. The molecule has 0 amide bonds. The van der Waals surface area contributed by atoms with Crippen molar-refractivity contribution in [2.75, 3.05) is 68.7 Å². The molecule has 11 nitrogen and oxygen atoms in total. The van der Waals surface area contributed by atoms with Gasteiger partial charge in [0.15, 0.2) is 0 Å². The van der Waals surface area contributed by atoms with E-state index in [4.69, 9.17) is 15.2 Å². The van der Waals surface area contributed by atoms with Crippen molar-refractivity contribution in [2.24, 2.45) is 5.73 Å². The van der Waals surface area contributed by atoms with E-state index in [1.807, 2.05) is 0 Å². The smallest absolute Gasteiger partial charge is 0.229 e. The summed E-state index contributed by atoms with van der Waals surface area (Å²) in [7, 11) is 0. The number of benzene rings is 1. The lowest BCUT2D eigenvalue weighted by molar-refractivity contribution is 0.0547. The molecule has 2 rings (SSSR count). The van der Waals surface area contributed by atoms with Gasteiger partial charge in [-0.1, -0.05) is 12.1 Å². The summed E-state index contributed by atoms with van der Waals surface area (Å²) in [6, 6.07) is 5.45. The van der Waals surface area contributed by atoms with Crippen molar-refractivity contribution in [2.45, 2.75) is 12.6 Å². The quantitative estimate of drug-likeness (QED) is 0.192. The summed E-state index contributed by atoms with van der Waals surface area (Å²) in [5, 5.41) is 27.5. The number of nitrogens with zero attached hydrogens (tertiary/aromatic N) is 3. The minimum Gasteiger partial charge on any atom is -0.394 e. The van der Waals surface area contributed by atoms with Gasteiger partial charge in [-0.15, -0.1) is 0 Å². The van der Waals surface area contributed by atoms with Crippen LogP contribution in [0.25, 0.3) is 0 Å². The summed E-state index contributed by atoms with van der Waals surface area (Å²) in [5.41, 5.74) is 6.19. The standard InChI is InChI=1S/C19H30FN7O4/c20-15-3-1-14(2-4-15)11-23-18-25-17(22-6-8-31-10-9-30-7-5-21)26-19(27-18)24-16(12-28)13-29/h1-4,16,28-29H,5-13,21H2,(H3,22,23,24,25,26,27). The van der Waals surface area contributed by atoms with Gasteiger partial charge in [-0.2, -0.15) is 15.0 Å². The third kappa shape index (κ3) is 9.81. The Kier molecular flexibility index (Phi) is 11.4. The third-order valence-electron chi connectivity index (χ3n) is 3.94. The topological polar surface area (TPSA) is 160 Å². The average molecular weight is 439 g/mol. The molecule has 0 fully saturated rings. The molecular formula is C19H30FN7O4. The summed E-state index contributed by atoms with van der Waals surface area (Å²) >= 11 is 0. The lowest BCUT2D eigenvalue weighted by Gasteiger charge is -2.15. The summed E-state index contributed by atoms with van der Waals surface area (Å²) in [5.74, 6) is 0.434. The number of hydrogen-bond donors (Lipinski definition) is 6. The maximum atomic E-state index is 13.1. The zero-order chi connectivity index (χ0) is 22.3. The summed E-state index contributed by atoms with van der Waals surface area (Å²) in [6.45, 7) is 2.55. The van der Waals surface area contributed by atoms with E-state index >= 15 is 0 Å². The maximum Gasteiger partial charge on any atom is 0.229 e. The van der Waals surface area contributed by atoms with Crippen molar-refractivity contribution in [3.8, 4) is 0 Å². The molecule has 172 valence electrons. The van der Waals surface area contributed by atoms with Crippen LogP contribution in [0.4, 0.5) is 22.2 Å². The van der Waals surface area contributed by atoms with Crippen LogP contribution in [0.15, 0.2) is 24.3 Å². The molecule has 12 heteroatoms. The Hall–Kier alpha value is -2.64. The molecule has 1 heterocycles. The molecule has 7 N–H and O–H groups in total. The van der Waals surface area contributed by atoms with E-state index in [-0.39, 0.29) is 36.9 Å². The van der Waals surface area contributed by atoms with E-state index in [9.17, 15) is 14.6 Å². The second-order valence-electron chi connectivity index (χ2n) is 6.43. The molecule has 1 aromatic carbocycles. The molecule has 2 aromatic rings. The number of ether oxygens (including phenoxy) is 2. The highest BCUT2D eigenvalue weighted by molar-refractivity contribution is 5.43. The van der Waals surface area contributed by atoms with E-state index in [0.717, 1.165) is 5.56 Å². The first kappa shape index (κ1) is 24.6. The number of nitrogens with one attached hydrogen (secondary N) is 3. The van der Waals surface area contributed by atoms with E-state index in [2.05, 4.69) is 30.9 Å². The number of aliphatic hydroxyl groups is 2. The normalized spacial score (nSPS) is 11.0. The molecule has 0 unspecified atom stereocenters. The molecule has 0 aliphatic rings. The lowest BCUT2D eigenvalue weighted by atomic mass is 10.2. The van der Waals surface area contributed by atoms with Gasteiger partial charge in [0.1, 0.15) is 5.82 Å². The third-order valence-corrected chi connectivity index (χ3v) is 3.94. The summed E-state index contributed by atoms with van der Waals surface area (Å²) in [6.07, 6.45) is 0. The number of hydrogen-bond acceptors (Lipinski definition) is 11. The Morgan fingerprint density at radius 3 is 2.13 bits per heavy atom. The monoisotopic (exact) mass is 439 g/mol. The van der Waals surface area contributed by atoms with Crippen LogP contribution in [0.5, 0.6) is 0 Å². The largest absolute Gasteiger partial charge is 0.394 e. The van der Waals surface area contributed by atoms with E-state index < -0.39 is 6.04 Å². The van der Waals surface area contributed by atoms with Crippen LogP contribution in [-0.4, -0.2) is 83.9 Å². The molecule has 0 radical (unpaired) electrons. The fourth-order valence-electron chi connectivity index (χ4n) is 2.35. The van der Waals surface area contributed by atoms with Crippen LogP contribution in [-0.2, 0) is 16.0 Å². The van der Waals surface area contributed by atoms with Gasteiger partial charge >= 0.3 is 0 Å². The van der Waals surface area contributed by atoms with Crippen LogP contribution in [0.2, 0.25) is 0 Å². The van der Waals surface area contributed by atoms with Gasteiger partial charge in [-0.25, -0.2) is 4.39 Å². The first-order chi connectivity index (χ1) is 15.1. The van der Waals surface area contributed by atoms with Crippen molar-refractivity contribution < 1.29 is 24.1 Å². The number of rotatable bonds is 16. The molecular weight excluding hydrogens is 409 g/mol. The number of aromatic nitrogens is 3. The van der Waals surface area contributed by atoms with Crippen molar-refractivity contribution in [3.63, 3.8) is 0 Å². The SMILES string of the molecule is NCCOCCOCCNc1nc(NCc2ccc(F)cc2)nc(NC(CO)CO)n1. The second-order valence-corrected chi connectivity index (χ2v) is 6.43. The van der Waals surface area contributed by atoms with Crippen LogP contribution in [0.3, 0.4) is 0 Å². The number of anilines is 3. The molecule has 0 atom stereocenters. The molecule has 0 aliphatic heterocycles. The van der Waals surface area contributed by atoms with Crippen molar-refractivity contribution in [3.05, 3.63) is 35.6 Å². The summed E-state index contributed by atoms with van der Waals surface area (Å²) in [4.78, 5) is 12.8. The fraction of sp³-hybridized carbons (Fsp3) is 0.526. The van der Waals surface area contributed by atoms with Crippen molar-refractivity contribution in [1.29, 1.82) is 0 Å². The lowest BCUT2D eigenvalue weighted by Crippen LogP contribution is -2.29. The zero-order valence-corrected chi connectivity index (χ0v) is 17.3. The highest BCUT2D eigenvalue weighted by Crippen LogP contribution is 2.12. The minimum absolute atomic E-state index is 0.184. The number of halogens is 1. The van der Waals surface area contributed by atoms with Crippen LogP contribution in [0.1, 0.15) is 5.56 Å². The Morgan fingerprint density at radius 1 is 0.871 bits per heavy atom. The fourth-order valence-corrected chi connectivity index (χ4v) is 2.35. The van der Waals surface area contributed by atoms with Crippen LogP contribution < -0.4 is 21.7 Å². The molecule has 0 saturated carbocycles. The molecule has 0 spiro atoms. The molecule has 0 bridgehead atoms. The zero-order valence-electron chi connectivity index (χ0n) is 17.3. The predicted molar refractivity (Wildman–Crippen MR) is 114 cm³/mol. The van der Waals surface area contributed by atoms with Crippen molar-refractivity contribution >= 4 is 17.8 Å². The van der Waals surface area contributed by atoms with E-state index in [1.54, 1.807) is 12.1 Å². The van der Waals surface area contributed by atoms with E-state index in [0.29, 0.717) is 46.1 Å². The van der Waals surface area contributed by atoms with Gasteiger partial charge in [-0.05, 0) is 17.7 Å². The number of nitrogens with two attached hydrogens (primary N) is 1. The number of aliphatic hydroxyl groups excluding tert-OH is 2. The molecule has 0 aliphatic carbocycles. The minimum atomic E-state index is -0.614. The predicted octanol–water partition coefficient (Wildman–Crippen LogP) is -0.208.